The van der Waals surface area contributed by atoms with Crippen LogP contribution in [0.1, 0.15) is 37.7 Å². The molecule has 0 radical (unpaired) electrons. The fourth-order valence-electron chi connectivity index (χ4n) is 2.91. The third kappa shape index (κ3) is 4.60. The molecule has 1 aliphatic carbocycles. The van der Waals surface area contributed by atoms with E-state index in [2.05, 4.69) is 33.4 Å². The van der Waals surface area contributed by atoms with Crippen LogP contribution in [0.2, 0.25) is 0 Å². The number of halogens is 1. The molecule has 2 atom stereocenters. The molecule has 0 aromatic heterocycles. The van der Waals surface area contributed by atoms with Crippen molar-refractivity contribution in [2.45, 2.75) is 44.6 Å². The van der Waals surface area contributed by atoms with Crippen molar-refractivity contribution in [1.82, 2.24) is 5.32 Å². The van der Waals surface area contributed by atoms with E-state index < -0.39 is 0 Å². The number of carbonyl (C=O) groups excluding carboxylic acids is 1. The molecule has 3 nitrogen and oxygen atoms in total. The molecule has 1 amide bonds. The zero-order valence-electron chi connectivity index (χ0n) is 11.8. The van der Waals surface area contributed by atoms with Crippen LogP contribution in [0.4, 0.5) is 0 Å². The lowest BCUT2D eigenvalue weighted by molar-refractivity contribution is -0.122. The molecule has 0 bridgehead atoms. The lowest BCUT2D eigenvalue weighted by Gasteiger charge is -2.31. The Bertz CT molecular complexity index is 450. The highest BCUT2D eigenvalue weighted by atomic mass is 79.9. The summed E-state index contributed by atoms with van der Waals surface area (Å²) in [5.41, 5.74) is 6.98. The zero-order chi connectivity index (χ0) is 14.4. The fraction of sp³-hybridized carbons (Fsp3) is 0.562. The second-order valence-corrected chi connectivity index (χ2v) is 6.50. The van der Waals surface area contributed by atoms with Crippen LogP contribution in [0.25, 0.3) is 0 Å². The van der Waals surface area contributed by atoms with Crippen molar-refractivity contribution in [1.29, 1.82) is 0 Å². The second-order valence-electron chi connectivity index (χ2n) is 5.58. The molecule has 1 aromatic carbocycles. The van der Waals surface area contributed by atoms with Crippen LogP contribution in [0.15, 0.2) is 28.7 Å². The van der Waals surface area contributed by atoms with Gasteiger partial charge in [0.05, 0.1) is 0 Å². The van der Waals surface area contributed by atoms with Gasteiger partial charge in [-0.05, 0) is 49.4 Å². The quantitative estimate of drug-likeness (QED) is 0.866. The van der Waals surface area contributed by atoms with E-state index in [1.165, 1.54) is 18.4 Å². The molecule has 1 aromatic rings. The molecular formula is C16H23BrN2O. The molecule has 3 N–H and O–H groups in total. The Morgan fingerprint density at radius 1 is 1.35 bits per heavy atom. The highest BCUT2D eigenvalue weighted by Crippen LogP contribution is 2.23. The van der Waals surface area contributed by atoms with Gasteiger partial charge in [0.2, 0.25) is 5.91 Å². The summed E-state index contributed by atoms with van der Waals surface area (Å²) < 4.78 is 1.06. The summed E-state index contributed by atoms with van der Waals surface area (Å²) in [7, 11) is 0. The van der Waals surface area contributed by atoms with Crippen molar-refractivity contribution in [3.8, 4) is 0 Å². The Morgan fingerprint density at radius 2 is 2.15 bits per heavy atom. The van der Waals surface area contributed by atoms with Crippen LogP contribution in [-0.2, 0) is 11.2 Å². The molecule has 0 spiro atoms. The Labute approximate surface area is 129 Å². The van der Waals surface area contributed by atoms with Gasteiger partial charge in [-0.2, -0.15) is 0 Å². The summed E-state index contributed by atoms with van der Waals surface area (Å²) in [6.07, 6.45) is 5.99. The lowest BCUT2D eigenvalue weighted by atomic mass is 9.84. The Kier molecular flexibility index (Phi) is 6.05. The first kappa shape index (κ1) is 15.5. The van der Waals surface area contributed by atoms with E-state index in [1.807, 2.05) is 12.1 Å². The Balaban J connectivity index is 1.80. The van der Waals surface area contributed by atoms with Gasteiger partial charge in [-0.15, -0.1) is 0 Å². The van der Waals surface area contributed by atoms with Crippen molar-refractivity contribution < 1.29 is 4.79 Å². The van der Waals surface area contributed by atoms with Gasteiger partial charge < -0.3 is 11.1 Å². The van der Waals surface area contributed by atoms with Crippen LogP contribution in [0.3, 0.4) is 0 Å². The summed E-state index contributed by atoms with van der Waals surface area (Å²) in [5, 5.41) is 3.17. The average molecular weight is 339 g/mol. The van der Waals surface area contributed by atoms with Crippen molar-refractivity contribution in [3.05, 3.63) is 34.3 Å². The maximum atomic E-state index is 12.1. The molecule has 0 saturated heterocycles. The van der Waals surface area contributed by atoms with Crippen LogP contribution in [0, 0.1) is 5.92 Å². The van der Waals surface area contributed by atoms with E-state index in [0.717, 1.165) is 23.7 Å². The SMILES string of the molecule is NCC1CCCCC1NC(=O)CCc1cccc(Br)c1. The number of carbonyl (C=O) groups is 1. The maximum absolute atomic E-state index is 12.1. The summed E-state index contributed by atoms with van der Waals surface area (Å²) in [4.78, 5) is 12.1. The van der Waals surface area contributed by atoms with Gasteiger partial charge in [0.25, 0.3) is 0 Å². The molecule has 2 rings (SSSR count). The molecule has 1 aliphatic rings. The van der Waals surface area contributed by atoms with Crippen LogP contribution in [-0.4, -0.2) is 18.5 Å². The highest BCUT2D eigenvalue weighted by molar-refractivity contribution is 9.10. The number of hydrogen-bond donors (Lipinski definition) is 2. The number of rotatable bonds is 5. The van der Waals surface area contributed by atoms with Crippen molar-refractivity contribution in [3.63, 3.8) is 0 Å². The average Bonchev–Trinajstić information content (AvgIpc) is 2.46. The van der Waals surface area contributed by atoms with Gasteiger partial charge in [0, 0.05) is 16.9 Å². The van der Waals surface area contributed by atoms with Gasteiger partial charge in [0.1, 0.15) is 0 Å². The van der Waals surface area contributed by atoms with Gasteiger partial charge >= 0.3 is 0 Å². The number of nitrogens with two attached hydrogens (primary N) is 1. The maximum Gasteiger partial charge on any atom is 0.220 e. The van der Waals surface area contributed by atoms with Crippen LogP contribution < -0.4 is 11.1 Å². The molecule has 0 aliphatic heterocycles. The van der Waals surface area contributed by atoms with Crippen molar-refractivity contribution >= 4 is 21.8 Å². The minimum absolute atomic E-state index is 0.148. The van der Waals surface area contributed by atoms with E-state index >= 15 is 0 Å². The molecule has 0 heterocycles. The third-order valence-corrected chi connectivity index (χ3v) is 4.58. The van der Waals surface area contributed by atoms with Gasteiger partial charge in [-0.1, -0.05) is 40.9 Å². The van der Waals surface area contributed by atoms with E-state index in [1.54, 1.807) is 0 Å². The molecule has 110 valence electrons. The molecule has 4 heteroatoms. The first-order valence-electron chi connectivity index (χ1n) is 7.43. The van der Waals surface area contributed by atoms with Gasteiger partial charge in [-0.3, -0.25) is 4.79 Å². The van der Waals surface area contributed by atoms with E-state index in [9.17, 15) is 4.79 Å². The van der Waals surface area contributed by atoms with E-state index in [-0.39, 0.29) is 11.9 Å². The first-order chi connectivity index (χ1) is 9.69. The molecule has 20 heavy (non-hydrogen) atoms. The van der Waals surface area contributed by atoms with Gasteiger partial charge in [-0.25, -0.2) is 0 Å². The molecular weight excluding hydrogens is 316 g/mol. The number of nitrogens with one attached hydrogen (secondary N) is 1. The van der Waals surface area contributed by atoms with Crippen molar-refractivity contribution in [2.75, 3.05) is 6.54 Å². The summed E-state index contributed by atoms with van der Waals surface area (Å²) in [5.74, 6) is 0.605. The number of hydrogen-bond acceptors (Lipinski definition) is 2. The summed E-state index contributed by atoms with van der Waals surface area (Å²) >= 11 is 3.45. The molecule has 2 unspecified atom stereocenters. The Hall–Kier alpha value is -0.870. The topological polar surface area (TPSA) is 55.1 Å². The minimum Gasteiger partial charge on any atom is -0.353 e. The zero-order valence-corrected chi connectivity index (χ0v) is 13.4. The molecule has 1 saturated carbocycles. The summed E-state index contributed by atoms with van der Waals surface area (Å²) in [6.45, 7) is 0.677. The highest BCUT2D eigenvalue weighted by Gasteiger charge is 2.24. The van der Waals surface area contributed by atoms with Crippen molar-refractivity contribution in [2.24, 2.45) is 11.7 Å². The predicted molar refractivity (Wildman–Crippen MR) is 85.4 cm³/mol. The minimum atomic E-state index is 0.148. The first-order valence-corrected chi connectivity index (χ1v) is 8.22. The van der Waals surface area contributed by atoms with E-state index in [0.29, 0.717) is 18.9 Å². The Morgan fingerprint density at radius 3 is 2.90 bits per heavy atom. The standard InChI is InChI=1S/C16H23BrN2O/c17-14-6-3-4-12(10-14)8-9-16(20)19-15-7-2-1-5-13(15)11-18/h3-4,6,10,13,15H,1-2,5,7-9,11,18H2,(H,19,20). The fourth-order valence-corrected chi connectivity index (χ4v) is 3.36. The monoisotopic (exact) mass is 338 g/mol. The predicted octanol–water partition coefficient (Wildman–Crippen LogP) is 3.02. The molecule has 1 fully saturated rings. The van der Waals surface area contributed by atoms with E-state index in [4.69, 9.17) is 5.73 Å². The van der Waals surface area contributed by atoms with Crippen LogP contribution in [0.5, 0.6) is 0 Å². The second kappa shape index (κ2) is 7.79. The normalized spacial score (nSPS) is 22.5. The number of benzene rings is 1. The number of amides is 1. The smallest absolute Gasteiger partial charge is 0.220 e. The largest absolute Gasteiger partial charge is 0.353 e. The van der Waals surface area contributed by atoms with Crippen LogP contribution >= 0.6 is 15.9 Å². The van der Waals surface area contributed by atoms with Gasteiger partial charge in [0.15, 0.2) is 0 Å². The third-order valence-electron chi connectivity index (χ3n) is 4.09. The lowest BCUT2D eigenvalue weighted by Crippen LogP contribution is -2.44. The number of aryl methyl sites for hydroxylation is 1. The summed E-state index contributed by atoms with van der Waals surface area (Å²) in [6, 6.07) is 8.40.